The highest BCUT2D eigenvalue weighted by Crippen LogP contribution is 2.14. The van der Waals surface area contributed by atoms with Crippen LogP contribution in [0.15, 0.2) is 65.6 Å². The highest BCUT2D eigenvalue weighted by molar-refractivity contribution is 5.93. The van der Waals surface area contributed by atoms with Crippen molar-refractivity contribution < 1.29 is 9.53 Å². The molecule has 2 N–H and O–H groups in total. The fourth-order valence-electron chi connectivity index (χ4n) is 2.41. The van der Waals surface area contributed by atoms with Crippen molar-refractivity contribution in [2.75, 3.05) is 0 Å². The van der Waals surface area contributed by atoms with E-state index in [1.54, 1.807) is 19.2 Å². The molecule has 0 aliphatic rings. The summed E-state index contributed by atoms with van der Waals surface area (Å²) in [7, 11) is 0. The number of aromatic amines is 1. The van der Waals surface area contributed by atoms with Crippen LogP contribution in [-0.2, 0) is 13.2 Å². The molecule has 3 rings (SSSR count). The van der Waals surface area contributed by atoms with Gasteiger partial charge in [-0.05, 0) is 48.9 Å². The average molecular weight is 349 g/mol. The van der Waals surface area contributed by atoms with Gasteiger partial charge in [-0.1, -0.05) is 18.2 Å². The number of carbonyl (C=O) groups is 1. The SMILES string of the molecule is Cc1ccc(C(=O)NCc2cccc(OCc3ccccn3)c2)c(=O)[nH]1. The lowest BCUT2D eigenvalue weighted by molar-refractivity contribution is 0.0949. The molecule has 0 fully saturated rings. The van der Waals surface area contributed by atoms with Gasteiger partial charge in [0.25, 0.3) is 11.5 Å². The van der Waals surface area contributed by atoms with Gasteiger partial charge in [0.2, 0.25) is 0 Å². The summed E-state index contributed by atoms with van der Waals surface area (Å²) < 4.78 is 5.73. The smallest absolute Gasteiger partial charge is 0.260 e. The Balaban J connectivity index is 1.60. The van der Waals surface area contributed by atoms with Crippen LogP contribution in [0, 0.1) is 6.92 Å². The van der Waals surface area contributed by atoms with Gasteiger partial charge in [0.05, 0.1) is 5.69 Å². The van der Waals surface area contributed by atoms with Crippen LogP contribution in [-0.4, -0.2) is 15.9 Å². The average Bonchev–Trinajstić information content (AvgIpc) is 2.66. The minimum atomic E-state index is -0.411. The summed E-state index contributed by atoms with van der Waals surface area (Å²) in [5.41, 5.74) is 2.13. The second-order valence-corrected chi connectivity index (χ2v) is 5.82. The molecule has 0 saturated carbocycles. The Morgan fingerprint density at radius 1 is 1.15 bits per heavy atom. The zero-order valence-corrected chi connectivity index (χ0v) is 14.4. The van der Waals surface area contributed by atoms with E-state index in [0.29, 0.717) is 24.6 Å². The van der Waals surface area contributed by atoms with Gasteiger partial charge in [0, 0.05) is 18.4 Å². The Hall–Kier alpha value is -3.41. The molecule has 0 aliphatic carbocycles. The first kappa shape index (κ1) is 17.4. The number of ether oxygens (including phenoxy) is 1. The quantitative estimate of drug-likeness (QED) is 0.716. The van der Waals surface area contributed by atoms with Crippen LogP contribution in [0.1, 0.15) is 27.3 Å². The topological polar surface area (TPSA) is 84.1 Å². The number of pyridine rings is 2. The Morgan fingerprint density at radius 2 is 2.04 bits per heavy atom. The van der Waals surface area contributed by atoms with Crippen molar-refractivity contribution in [1.29, 1.82) is 0 Å². The van der Waals surface area contributed by atoms with Gasteiger partial charge in [-0.3, -0.25) is 14.6 Å². The van der Waals surface area contributed by atoms with Crippen LogP contribution >= 0.6 is 0 Å². The fourth-order valence-corrected chi connectivity index (χ4v) is 2.41. The van der Waals surface area contributed by atoms with Crippen LogP contribution in [0.25, 0.3) is 0 Å². The van der Waals surface area contributed by atoms with Crippen LogP contribution in [0.5, 0.6) is 5.75 Å². The second kappa shape index (κ2) is 8.11. The van der Waals surface area contributed by atoms with Crippen LogP contribution < -0.4 is 15.6 Å². The highest BCUT2D eigenvalue weighted by atomic mass is 16.5. The summed E-state index contributed by atoms with van der Waals surface area (Å²) in [5.74, 6) is 0.279. The summed E-state index contributed by atoms with van der Waals surface area (Å²) in [6.07, 6.45) is 1.72. The van der Waals surface area contributed by atoms with E-state index in [2.05, 4.69) is 15.3 Å². The number of hydrogen-bond donors (Lipinski definition) is 2. The van der Waals surface area contributed by atoms with Crippen molar-refractivity contribution in [3.63, 3.8) is 0 Å². The standard InChI is InChI=1S/C20H19N3O3/c1-14-8-9-18(20(25)23-14)19(24)22-12-15-5-4-7-17(11-15)26-13-16-6-2-3-10-21-16/h2-11H,12-13H2,1H3,(H,22,24)(H,23,25). The molecule has 0 spiro atoms. The molecule has 1 amide bonds. The molecule has 0 aliphatic heterocycles. The number of H-pyrrole nitrogens is 1. The number of aryl methyl sites for hydroxylation is 1. The van der Waals surface area contributed by atoms with E-state index in [4.69, 9.17) is 4.74 Å². The van der Waals surface area contributed by atoms with E-state index in [0.717, 1.165) is 11.3 Å². The van der Waals surface area contributed by atoms with E-state index in [1.807, 2.05) is 42.5 Å². The molecule has 0 radical (unpaired) electrons. The highest BCUT2D eigenvalue weighted by Gasteiger charge is 2.10. The lowest BCUT2D eigenvalue weighted by atomic mass is 10.2. The Morgan fingerprint density at radius 3 is 2.81 bits per heavy atom. The number of rotatable bonds is 6. The zero-order chi connectivity index (χ0) is 18.4. The molecule has 1 aromatic carbocycles. The van der Waals surface area contributed by atoms with Gasteiger partial charge in [-0.15, -0.1) is 0 Å². The molecule has 0 bridgehead atoms. The third-order valence-corrected chi connectivity index (χ3v) is 3.76. The first-order valence-electron chi connectivity index (χ1n) is 8.21. The molecule has 6 nitrogen and oxygen atoms in total. The maximum Gasteiger partial charge on any atom is 0.260 e. The van der Waals surface area contributed by atoms with Crippen molar-refractivity contribution in [3.05, 3.63) is 93.7 Å². The number of benzene rings is 1. The van der Waals surface area contributed by atoms with E-state index < -0.39 is 11.5 Å². The van der Waals surface area contributed by atoms with Gasteiger partial charge in [-0.2, -0.15) is 0 Å². The van der Waals surface area contributed by atoms with Crippen molar-refractivity contribution in [3.8, 4) is 5.75 Å². The van der Waals surface area contributed by atoms with E-state index in [9.17, 15) is 9.59 Å². The van der Waals surface area contributed by atoms with Gasteiger partial charge < -0.3 is 15.0 Å². The number of nitrogens with zero attached hydrogens (tertiary/aromatic N) is 1. The van der Waals surface area contributed by atoms with Gasteiger partial charge >= 0.3 is 0 Å². The monoisotopic (exact) mass is 349 g/mol. The fraction of sp³-hybridized carbons (Fsp3) is 0.150. The predicted octanol–water partition coefficient (Wildman–Crippen LogP) is 2.59. The summed E-state index contributed by atoms with van der Waals surface area (Å²) >= 11 is 0. The molecule has 0 saturated heterocycles. The third kappa shape index (κ3) is 4.57. The van der Waals surface area contributed by atoms with Crippen molar-refractivity contribution in [2.45, 2.75) is 20.1 Å². The van der Waals surface area contributed by atoms with Crippen LogP contribution in [0.4, 0.5) is 0 Å². The molecule has 132 valence electrons. The molecular formula is C20H19N3O3. The van der Waals surface area contributed by atoms with E-state index in [1.165, 1.54) is 6.07 Å². The molecule has 26 heavy (non-hydrogen) atoms. The molecule has 0 atom stereocenters. The second-order valence-electron chi connectivity index (χ2n) is 5.82. The van der Waals surface area contributed by atoms with E-state index in [-0.39, 0.29) is 5.56 Å². The van der Waals surface area contributed by atoms with Gasteiger partial charge in [0.1, 0.15) is 17.9 Å². The van der Waals surface area contributed by atoms with E-state index >= 15 is 0 Å². The van der Waals surface area contributed by atoms with Crippen LogP contribution in [0.3, 0.4) is 0 Å². The summed E-state index contributed by atoms with van der Waals surface area (Å²) in [6, 6.07) is 16.3. The number of carbonyl (C=O) groups excluding carboxylic acids is 1. The minimum Gasteiger partial charge on any atom is -0.487 e. The molecule has 2 heterocycles. The lowest BCUT2D eigenvalue weighted by Gasteiger charge is -2.09. The number of amides is 1. The first-order valence-corrected chi connectivity index (χ1v) is 8.21. The van der Waals surface area contributed by atoms with Gasteiger partial charge in [0.15, 0.2) is 0 Å². The molecular weight excluding hydrogens is 330 g/mol. The molecule has 3 aromatic rings. The maximum absolute atomic E-state index is 12.2. The lowest BCUT2D eigenvalue weighted by Crippen LogP contribution is -2.29. The van der Waals surface area contributed by atoms with Crippen LogP contribution in [0.2, 0.25) is 0 Å². The first-order chi connectivity index (χ1) is 12.6. The van der Waals surface area contributed by atoms with Gasteiger partial charge in [-0.25, -0.2) is 0 Å². The number of aromatic nitrogens is 2. The largest absolute Gasteiger partial charge is 0.487 e. The van der Waals surface area contributed by atoms with Crippen molar-refractivity contribution >= 4 is 5.91 Å². The minimum absolute atomic E-state index is 0.0955. The maximum atomic E-state index is 12.2. The summed E-state index contributed by atoms with van der Waals surface area (Å²) in [5, 5.41) is 2.75. The third-order valence-electron chi connectivity index (χ3n) is 3.76. The summed E-state index contributed by atoms with van der Waals surface area (Å²) in [6.45, 7) is 2.43. The predicted molar refractivity (Wildman–Crippen MR) is 98.0 cm³/mol. The molecule has 0 unspecified atom stereocenters. The Labute approximate surface area is 150 Å². The van der Waals surface area contributed by atoms with Crippen molar-refractivity contribution in [1.82, 2.24) is 15.3 Å². The number of hydrogen-bond acceptors (Lipinski definition) is 4. The normalized spacial score (nSPS) is 10.3. The molecule has 2 aromatic heterocycles. The summed E-state index contributed by atoms with van der Waals surface area (Å²) in [4.78, 5) is 30.8. The Bertz CT molecular complexity index is 952. The zero-order valence-electron chi connectivity index (χ0n) is 14.4. The Kier molecular flexibility index (Phi) is 5.43. The number of nitrogens with one attached hydrogen (secondary N) is 2. The van der Waals surface area contributed by atoms with Crippen molar-refractivity contribution in [2.24, 2.45) is 0 Å². The molecule has 6 heteroatoms.